The first-order chi connectivity index (χ1) is 42.0. The number of aliphatic hydroxyl groups is 1. The summed E-state index contributed by atoms with van der Waals surface area (Å²) >= 11 is 6.19. The summed E-state index contributed by atoms with van der Waals surface area (Å²) in [6.45, 7) is 3.83. The first-order valence-corrected chi connectivity index (χ1v) is 31.9. The third kappa shape index (κ3) is 24.0. The Labute approximate surface area is 524 Å². The molecule has 0 aliphatic carbocycles. The average molecular weight is 1270 g/mol. The summed E-state index contributed by atoms with van der Waals surface area (Å²) in [7, 11) is 3.65. The van der Waals surface area contributed by atoms with Gasteiger partial charge < -0.3 is 74.6 Å². The van der Waals surface area contributed by atoms with E-state index in [1.165, 1.54) is 79.7 Å². The number of carbonyl (C=O) groups is 10. The molecule has 1 heterocycles. The minimum atomic E-state index is -1.77. The van der Waals surface area contributed by atoms with E-state index in [1.54, 1.807) is 31.3 Å². The van der Waals surface area contributed by atoms with Gasteiger partial charge in [-0.05, 0) is 111 Å². The number of carbonyl (C=O) groups excluding carboxylic acids is 10. The number of rotatable bonds is 26. The van der Waals surface area contributed by atoms with E-state index in [0.29, 0.717) is 59.5 Å². The van der Waals surface area contributed by atoms with E-state index in [-0.39, 0.29) is 67.1 Å². The van der Waals surface area contributed by atoms with Gasteiger partial charge in [-0.15, -0.1) is 0 Å². The number of phenols is 2. The van der Waals surface area contributed by atoms with Crippen molar-refractivity contribution in [1.29, 1.82) is 0 Å². The summed E-state index contributed by atoms with van der Waals surface area (Å²) < 4.78 is 0. The Morgan fingerprint density at radius 3 is 1.69 bits per heavy atom. The molecule has 5 rings (SSSR count). The number of nitrogens with two attached hydrogens (primary N) is 2. The van der Waals surface area contributed by atoms with E-state index in [1.807, 2.05) is 6.92 Å². The maximum absolute atomic E-state index is 15.0. The Kier molecular flexibility index (Phi) is 29.3. The van der Waals surface area contributed by atoms with Gasteiger partial charge in [-0.3, -0.25) is 47.9 Å². The van der Waals surface area contributed by atoms with Gasteiger partial charge in [-0.25, -0.2) is 0 Å². The number of aromatic hydroxyl groups is 2. The molecule has 1 aliphatic heterocycles. The molecule has 1 fully saturated rings. The molecule has 10 amide bonds. The Bertz CT molecular complexity index is 3000. The third-order valence-electron chi connectivity index (χ3n) is 14.3. The van der Waals surface area contributed by atoms with E-state index in [0.717, 1.165) is 34.4 Å². The number of hydrogen-bond donors (Lipinski definition) is 14. The summed E-state index contributed by atoms with van der Waals surface area (Å²) in [5.74, 6) is -9.35. The predicted molar refractivity (Wildman–Crippen MR) is 335 cm³/mol. The average Bonchev–Trinajstić information content (AvgIpc) is 3.67. The molecule has 27 heteroatoms. The number of phenolic OH excluding ortho intramolecular Hbond substituents is 2. The highest BCUT2D eigenvalue weighted by molar-refractivity contribution is 8.76. The zero-order valence-corrected chi connectivity index (χ0v) is 51.7. The smallest absolute Gasteiger partial charge is 0.248 e. The lowest BCUT2D eigenvalue weighted by atomic mass is 10.00. The van der Waals surface area contributed by atoms with Crippen LogP contribution in [0.2, 0.25) is 5.02 Å². The quantitative estimate of drug-likeness (QED) is 0.0314. The maximum atomic E-state index is 15.0. The topological polar surface area (TPSA) is 392 Å². The number of unbranched alkanes of at least 4 members (excludes halogenated alkanes) is 4. The van der Waals surface area contributed by atoms with Gasteiger partial charge in [-0.1, -0.05) is 114 Å². The molecule has 9 atom stereocenters. The van der Waals surface area contributed by atoms with Gasteiger partial charge in [0.25, 0.3) is 0 Å². The number of hydrogen-bond acceptors (Lipinski definition) is 16. The SMILES string of the molecule is CCCCCC(=O)N[C@@H](Cc1ccc(Cl)cc1)C(=O)N[C@@H]1CSSC[C@@H](C(=O)N[C@H](Cc2ccc(O)cc2)C(N)=O)NC(=O)[C@H]([C@@H](C)O)NC(=O)[C@H](CCCCCNC)NC(=O)[C@@H](Cc2ccc(C(N)=O)cc2)NC(=O)[C@H](Cc2ccc(O)cc2)NC1=O. The highest BCUT2D eigenvalue weighted by atomic mass is 35.5. The fraction of sp³-hybridized carbons (Fsp3) is 0.443. The van der Waals surface area contributed by atoms with Gasteiger partial charge in [0.05, 0.1) is 6.10 Å². The fourth-order valence-corrected chi connectivity index (χ4v) is 11.7. The van der Waals surface area contributed by atoms with Crippen LogP contribution in [0.3, 0.4) is 0 Å². The monoisotopic (exact) mass is 1270 g/mol. The normalized spacial score (nSPS) is 20.0. The number of amides is 10. The molecule has 1 aliphatic rings. The Morgan fingerprint density at radius 1 is 0.614 bits per heavy atom. The van der Waals surface area contributed by atoms with Crippen molar-refractivity contribution >= 4 is 92.3 Å². The van der Waals surface area contributed by atoms with Crippen molar-refractivity contribution in [2.45, 2.75) is 145 Å². The van der Waals surface area contributed by atoms with Crippen LogP contribution in [0.4, 0.5) is 0 Å². The van der Waals surface area contributed by atoms with Crippen LogP contribution in [0.25, 0.3) is 0 Å². The van der Waals surface area contributed by atoms with Crippen molar-refractivity contribution in [3.63, 3.8) is 0 Å². The van der Waals surface area contributed by atoms with Gasteiger partial charge in [0.2, 0.25) is 59.1 Å². The standard InChI is InChI=1S/C61H80ClN11O13S2/c1-4-5-7-11-51(77)66-46(30-37-14-22-41(62)23-15-37)56(81)71-49-33-87-88-34-50(59(84)68-45(54(64)79)29-38-16-24-42(75)25-17-38)72-61(86)52(35(2)74)73-55(80)44(10-8-6-9-28-65-3)67-57(82)47(31-36-12-20-40(21-13-36)53(63)78)69-58(83)48(70-60(49)85)32-39-18-26-43(76)27-19-39/h12-27,35,44-50,52,65,74-76H,4-11,28-34H2,1-3H3,(H2,63,78)(H2,64,79)(H,66,77)(H,67,82)(H,68,84)(H,69,83)(H,70,85)(H,71,81)(H,72,86)(H,73,80)/t35-,44+,45-,46+,47-,48+,49-,50+,52+/m1/s1. The first kappa shape index (κ1) is 70.8. The maximum Gasteiger partial charge on any atom is 0.248 e. The van der Waals surface area contributed by atoms with E-state index in [9.17, 15) is 58.5 Å². The molecule has 0 saturated carbocycles. The summed E-state index contributed by atoms with van der Waals surface area (Å²) in [4.78, 5) is 141. The zero-order valence-electron chi connectivity index (χ0n) is 49.3. The van der Waals surface area contributed by atoms with E-state index in [2.05, 4.69) is 47.9 Å². The van der Waals surface area contributed by atoms with Crippen molar-refractivity contribution < 1.29 is 63.3 Å². The molecular formula is C61H80ClN11O13S2. The van der Waals surface area contributed by atoms with Crippen molar-refractivity contribution in [3.05, 3.63) is 130 Å². The largest absolute Gasteiger partial charge is 0.508 e. The molecular weight excluding hydrogens is 1190 g/mol. The van der Waals surface area contributed by atoms with Crippen molar-refractivity contribution in [3.8, 4) is 11.5 Å². The predicted octanol–water partition coefficient (Wildman–Crippen LogP) is 1.62. The number of halogens is 1. The van der Waals surface area contributed by atoms with Gasteiger partial charge in [-0.2, -0.15) is 0 Å². The molecule has 476 valence electrons. The van der Waals surface area contributed by atoms with E-state index < -0.39 is 114 Å². The molecule has 1 saturated heterocycles. The van der Waals surface area contributed by atoms with Crippen molar-refractivity contribution in [2.75, 3.05) is 25.1 Å². The van der Waals surface area contributed by atoms with Crippen LogP contribution >= 0.6 is 33.2 Å². The Morgan fingerprint density at radius 2 is 1.14 bits per heavy atom. The highest BCUT2D eigenvalue weighted by Gasteiger charge is 2.37. The van der Waals surface area contributed by atoms with Crippen LogP contribution in [-0.4, -0.2) is 154 Å². The molecule has 0 bridgehead atoms. The molecule has 4 aromatic carbocycles. The van der Waals surface area contributed by atoms with Crippen LogP contribution in [0.15, 0.2) is 97.1 Å². The number of nitrogens with one attached hydrogen (secondary N) is 9. The lowest BCUT2D eigenvalue weighted by molar-refractivity contribution is -0.136. The summed E-state index contributed by atoms with van der Waals surface area (Å²) in [6.07, 6.45) is 1.53. The highest BCUT2D eigenvalue weighted by Crippen LogP contribution is 2.25. The second-order valence-electron chi connectivity index (χ2n) is 21.4. The summed E-state index contributed by atoms with van der Waals surface area (Å²) in [5, 5.41) is 56.2. The van der Waals surface area contributed by atoms with Crippen LogP contribution < -0.4 is 59.3 Å². The van der Waals surface area contributed by atoms with E-state index >= 15 is 4.79 Å². The molecule has 4 aromatic rings. The molecule has 24 nitrogen and oxygen atoms in total. The zero-order chi connectivity index (χ0) is 64.3. The van der Waals surface area contributed by atoms with Gasteiger partial charge >= 0.3 is 0 Å². The number of benzene rings is 4. The molecule has 0 aromatic heterocycles. The molecule has 0 spiro atoms. The number of aliphatic hydroxyl groups excluding tert-OH is 1. The second-order valence-corrected chi connectivity index (χ2v) is 24.4. The van der Waals surface area contributed by atoms with Crippen LogP contribution in [0.5, 0.6) is 11.5 Å². The second kappa shape index (κ2) is 36.4. The first-order valence-electron chi connectivity index (χ1n) is 29.0. The van der Waals surface area contributed by atoms with Crippen molar-refractivity contribution in [2.24, 2.45) is 11.5 Å². The Balaban J connectivity index is 1.62. The third-order valence-corrected chi connectivity index (χ3v) is 17.0. The van der Waals surface area contributed by atoms with Crippen LogP contribution in [-0.2, 0) is 68.8 Å². The Hall–Kier alpha value is -7.91. The van der Waals surface area contributed by atoms with Crippen LogP contribution in [0.1, 0.15) is 97.8 Å². The molecule has 16 N–H and O–H groups in total. The minimum Gasteiger partial charge on any atom is -0.508 e. The summed E-state index contributed by atoms with van der Waals surface area (Å²) in [6, 6.07) is 12.0. The molecule has 0 radical (unpaired) electrons. The number of primary amides is 2. The van der Waals surface area contributed by atoms with Crippen LogP contribution in [0, 0.1) is 0 Å². The molecule has 88 heavy (non-hydrogen) atoms. The van der Waals surface area contributed by atoms with Gasteiger partial charge in [0, 0.05) is 54.2 Å². The minimum absolute atomic E-state index is 0.00637. The lowest BCUT2D eigenvalue weighted by Crippen LogP contribution is -2.62. The lowest BCUT2D eigenvalue weighted by Gasteiger charge is -2.29. The van der Waals surface area contributed by atoms with Crippen molar-refractivity contribution in [1.82, 2.24) is 47.9 Å². The fourth-order valence-electron chi connectivity index (χ4n) is 9.26. The van der Waals surface area contributed by atoms with E-state index in [4.69, 9.17) is 23.1 Å². The van der Waals surface area contributed by atoms with Gasteiger partial charge in [0.1, 0.15) is 59.8 Å². The molecule has 0 unspecified atom stereocenters. The summed E-state index contributed by atoms with van der Waals surface area (Å²) in [5.41, 5.74) is 13.4. The van der Waals surface area contributed by atoms with Gasteiger partial charge in [0.15, 0.2) is 0 Å².